The summed E-state index contributed by atoms with van der Waals surface area (Å²) in [6, 6.07) is 0.317. The molecule has 0 aliphatic carbocycles. The van der Waals surface area contributed by atoms with Crippen molar-refractivity contribution in [3.8, 4) is 0 Å². The number of piperazine rings is 1. The maximum absolute atomic E-state index is 12.0. The van der Waals surface area contributed by atoms with Crippen LogP contribution in [0.15, 0.2) is 11.6 Å². The summed E-state index contributed by atoms with van der Waals surface area (Å²) in [4.78, 5) is 18.1. The van der Waals surface area contributed by atoms with Gasteiger partial charge >= 0.3 is 0 Å². The van der Waals surface area contributed by atoms with Crippen LogP contribution in [0, 0.1) is 0 Å². The van der Waals surface area contributed by atoms with E-state index in [-0.39, 0.29) is 5.91 Å². The number of aromatic nitrogens is 1. The van der Waals surface area contributed by atoms with Crippen molar-refractivity contribution in [3.05, 3.63) is 16.6 Å². The Balaban J connectivity index is 1.83. The third kappa shape index (κ3) is 2.80. The number of thiazole rings is 1. The van der Waals surface area contributed by atoms with Crippen LogP contribution in [0.4, 0.5) is 0 Å². The van der Waals surface area contributed by atoms with E-state index in [1.165, 1.54) is 0 Å². The third-order valence-electron chi connectivity index (χ3n) is 2.86. The maximum atomic E-state index is 12.0. The SMILES string of the molecule is C[C@H]1CNCCN1C(=O)CCc1nccs1. The molecule has 1 aromatic rings. The van der Waals surface area contributed by atoms with Crippen molar-refractivity contribution in [1.29, 1.82) is 0 Å². The van der Waals surface area contributed by atoms with Gasteiger partial charge in [0.2, 0.25) is 5.91 Å². The molecule has 1 amide bonds. The Kier molecular flexibility index (Phi) is 3.90. The van der Waals surface area contributed by atoms with Gasteiger partial charge in [0, 0.05) is 50.1 Å². The molecular formula is C11H17N3OS. The van der Waals surface area contributed by atoms with E-state index in [1.54, 1.807) is 17.5 Å². The summed E-state index contributed by atoms with van der Waals surface area (Å²) < 4.78 is 0. The fourth-order valence-electron chi connectivity index (χ4n) is 1.95. The van der Waals surface area contributed by atoms with Gasteiger partial charge in [0.25, 0.3) is 0 Å². The second kappa shape index (κ2) is 5.41. The highest BCUT2D eigenvalue weighted by molar-refractivity contribution is 7.09. The Bertz CT molecular complexity index is 339. The maximum Gasteiger partial charge on any atom is 0.223 e. The first kappa shape index (κ1) is 11.5. The first-order valence-electron chi connectivity index (χ1n) is 5.66. The van der Waals surface area contributed by atoms with Crippen LogP contribution in [0.25, 0.3) is 0 Å². The average Bonchev–Trinajstić information content (AvgIpc) is 2.79. The van der Waals surface area contributed by atoms with Crippen molar-refractivity contribution >= 4 is 17.2 Å². The summed E-state index contributed by atoms with van der Waals surface area (Å²) in [6.07, 6.45) is 3.14. The first-order valence-corrected chi connectivity index (χ1v) is 6.54. The third-order valence-corrected chi connectivity index (χ3v) is 3.70. The molecule has 4 nitrogen and oxygen atoms in total. The molecule has 1 aromatic heterocycles. The number of hydrogen-bond acceptors (Lipinski definition) is 4. The molecule has 1 aliphatic rings. The lowest BCUT2D eigenvalue weighted by atomic mass is 10.2. The lowest BCUT2D eigenvalue weighted by Gasteiger charge is -2.34. The van der Waals surface area contributed by atoms with Crippen LogP contribution < -0.4 is 5.32 Å². The summed E-state index contributed by atoms with van der Waals surface area (Å²) >= 11 is 1.62. The van der Waals surface area contributed by atoms with E-state index in [0.29, 0.717) is 12.5 Å². The number of aryl methyl sites for hydroxylation is 1. The zero-order chi connectivity index (χ0) is 11.4. The second-order valence-corrected chi connectivity index (χ2v) is 5.05. The lowest BCUT2D eigenvalue weighted by Crippen LogP contribution is -2.52. The minimum Gasteiger partial charge on any atom is -0.337 e. The Morgan fingerprint density at radius 2 is 2.62 bits per heavy atom. The molecule has 1 fully saturated rings. The first-order chi connectivity index (χ1) is 7.77. The van der Waals surface area contributed by atoms with Crippen LogP contribution in [-0.4, -0.2) is 41.5 Å². The number of carbonyl (C=O) groups is 1. The van der Waals surface area contributed by atoms with Gasteiger partial charge in [0.05, 0.1) is 5.01 Å². The van der Waals surface area contributed by atoms with Crippen molar-refractivity contribution in [2.75, 3.05) is 19.6 Å². The standard InChI is InChI=1S/C11H17N3OS/c1-9-8-12-4-6-14(9)11(15)3-2-10-13-5-7-16-10/h5,7,9,12H,2-4,6,8H2,1H3/t9-/m0/s1. The van der Waals surface area contributed by atoms with Crippen molar-refractivity contribution in [2.45, 2.75) is 25.8 Å². The summed E-state index contributed by atoms with van der Waals surface area (Å²) in [6.45, 7) is 4.74. The molecule has 1 atom stereocenters. The highest BCUT2D eigenvalue weighted by atomic mass is 32.1. The summed E-state index contributed by atoms with van der Waals surface area (Å²) in [5.41, 5.74) is 0. The smallest absolute Gasteiger partial charge is 0.223 e. The molecule has 1 aliphatic heterocycles. The number of nitrogens with one attached hydrogen (secondary N) is 1. The van der Waals surface area contributed by atoms with Crippen LogP contribution in [0.5, 0.6) is 0 Å². The molecule has 0 radical (unpaired) electrons. The molecule has 0 unspecified atom stereocenters. The molecule has 0 spiro atoms. The molecule has 2 heterocycles. The predicted octanol–water partition coefficient (Wildman–Crippen LogP) is 0.896. The average molecular weight is 239 g/mol. The monoisotopic (exact) mass is 239 g/mol. The highest BCUT2D eigenvalue weighted by Crippen LogP contribution is 2.10. The Morgan fingerprint density at radius 1 is 1.75 bits per heavy atom. The molecule has 1 saturated heterocycles. The number of carbonyl (C=O) groups excluding carboxylic acids is 1. The van der Waals surface area contributed by atoms with Gasteiger partial charge < -0.3 is 10.2 Å². The van der Waals surface area contributed by atoms with E-state index in [4.69, 9.17) is 0 Å². The number of amides is 1. The van der Waals surface area contributed by atoms with Crippen LogP contribution in [0.3, 0.4) is 0 Å². The Morgan fingerprint density at radius 3 is 3.31 bits per heavy atom. The van der Waals surface area contributed by atoms with E-state index >= 15 is 0 Å². The molecular weight excluding hydrogens is 222 g/mol. The van der Waals surface area contributed by atoms with Gasteiger partial charge in [0.15, 0.2) is 0 Å². The van der Waals surface area contributed by atoms with Gasteiger partial charge in [0.1, 0.15) is 0 Å². The van der Waals surface area contributed by atoms with E-state index in [0.717, 1.165) is 31.1 Å². The zero-order valence-corrected chi connectivity index (χ0v) is 10.3. The fourth-order valence-corrected chi connectivity index (χ4v) is 2.57. The van der Waals surface area contributed by atoms with Crippen LogP contribution in [-0.2, 0) is 11.2 Å². The van der Waals surface area contributed by atoms with Crippen molar-refractivity contribution in [2.24, 2.45) is 0 Å². The topological polar surface area (TPSA) is 45.2 Å². The predicted molar refractivity (Wildman–Crippen MR) is 64.5 cm³/mol. The zero-order valence-electron chi connectivity index (χ0n) is 9.48. The van der Waals surface area contributed by atoms with Crippen LogP contribution in [0.1, 0.15) is 18.4 Å². The minimum atomic E-state index is 0.254. The summed E-state index contributed by atoms with van der Waals surface area (Å²) in [7, 11) is 0. The molecule has 88 valence electrons. The summed E-state index contributed by atoms with van der Waals surface area (Å²) in [5.74, 6) is 0.254. The molecule has 1 N–H and O–H groups in total. The van der Waals surface area contributed by atoms with Gasteiger partial charge in [-0.1, -0.05) is 0 Å². The minimum absolute atomic E-state index is 0.254. The molecule has 0 saturated carbocycles. The van der Waals surface area contributed by atoms with E-state index in [1.807, 2.05) is 10.3 Å². The van der Waals surface area contributed by atoms with E-state index in [9.17, 15) is 4.79 Å². The molecule has 0 aromatic carbocycles. The second-order valence-electron chi connectivity index (χ2n) is 4.07. The van der Waals surface area contributed by atoms with E-state index < -0.39 is 0 Å². The molecule has 5 heteroatoms. The fraction of sp³-hybridized carbons (Fsp3) is 0.636. The van der Waals surface area contributed by atoms with Crippen molar-refractivity contribution in [1.82, 2.24) is 15.2 Å². The van der Waals surface area contributed by atoms with Gasteiger partial charge in [-0.15, -0.1) is 11.3 Å². The number of hydrogen-bond donors (Lipinski definition) is 1. The normalized spacial score (nSPS) is 21.1. The van der Waals surface area contributed by atoms with Crippen molar-refractivity contribution < 1.29 is 4.79 Å². The molecule has 0 bridgehead atoms. The molecule has 2 rings (SSSR count). The van der Waals surface area contributed by atoms with Gasteiger partial charge in [-0.3, -0.25) is 4.79 Å². The van der Waals surface area contributed by atoms with Gasteiger partial charge in [-0.05, 0) is 6.92 Å². The molecule has 16 heavy (non-hydrogen) atoms. The largest absolute Gasteiger partial charge is 0.337 e. The summed E-state index contributed by atoms with van der Waals surface area (Å²) in [5, 5.41) is 6.29. The lowest BCUT2D eigenvalue weighted by molar-refractivity contribution is -0.133. The van der Waals surface area contributed by atoms with Crippen LogP contribution in [0.2, 0.25) is 0 Å². The van der Waals surface area contributed by atoms with Crippen LogP contribution >= 0.6 is 11.3 Å². The number of rotatable bonds is 3. The van der Waals surface area contributed by atoms with Gasteiger partial charge in [-0.2, -0.15) is 0 Å². The number of nitrogens with zero attached hydrogens (tertiary/aromatic N) is 2. The Labute approximate surface area is 99.7 Å². The quantitative estimate of drug-likeness (QED) is 0.852. The highest BCUT2D eigenvalue weighted by Gasteiger charge is 2.22. The Hall–Kier alpha value is -0.940. The van der Waals surface area contributed by atoms with Gasteiger partial charge in [-0.25, -0.2) is 4.98 Å². The van der Waals surface area contributed by atoms with E-state index in [2.05, 4.69) is 17.2 Å². The van der Waals surface area contributed by atoms with Crippen molar-refractivity contribution in [3.63, 3.8) is 0 Å².